The molecule has 0 spiro atoms. The summed E-state index contributed by atoms with van der Waals surface area (Å²) in [6.07, 6.45) is 3.63. The van der Waals surface area contributed by atoms with Gasteiger partial charge in [0.15, 0.2) is 0 Å². The van der Waals surface area contributed by atoms with E-state index >= 15 is 0 Å². The van der Waals surface area contributed by atoms with Crippen molar-refractivity contribution in [3.8, 4) is 0 Å². The Balaban J connectivity index is 0.000000606. The van der Waals surface area contributed by atoms with E-state index < -0.39 is 0 Å². The van der Waals surface area contributed by atoms with Crippen LogP contribution in [0.2, 0.25) is 0 Å². The zero-order valence-electron chi connectivity index (χ0n) is 10.4. The molecule has 0 N–H and O–H groups in total. The predicted octanol–water partition coefficient (Wildman–Crippen LogP) is 2.41. The maximum Gasteiger partial charge on any atom is 0.0717 e. The average Bonchev–Trinajstić information content (AvgIpc) is 2.67. The second kappa shape index (κ2) is 6.23. The third kappa shape index (κ3) is 2.58. The molecule has 4 heteroatoms. The lowest BCUT2D eigenvalue weighted by atomic mass is 10.3. The minimum atomic E-state index is 0.679. The highest BCUT2D eigenvalue weighted by Crippen LogP contribution is 2.15. The Morgan fingerprint density at radius 1 is 1.38 bits per heavy atom. The monoisotopic (exact) mass is 221 g/mol. The van der Waals surface area contributed by atoms with E-state index in [0.29, 0.717) is 6.61 Å². The fraction of sp³-hybridized carbons (Fsp3) is 0.500. The molecule has 4 nitrogen and oxygen atoms in total. The van der Waals surface area contributed by atoms with Gasteiger partial charge in [0.05, 0.1) is 24.4 Å². The Hall–Kier alpha value is -1.42. The number of fused-ring (bicyclic) bond motifs is 1. The van der Waals surface area contributed by atoms with Gasteiger partial charge in [0.2, 0.25) is 0 Å². The number of hydrogen-bond donors (Lipinski definition) is 0. The number of aromatic nitrogens is 3. The Labute approximate surface area is 96.2 Å². The number of aryl methyl sites for hydroxylation is 1. The van der Waals surface area contributed by atoms with Crippen molar-refractivity contribution in [1.29, 1.82) is 0 Å². The van der Waals surface area contributed by atoms with Crippen molar-refractivity contribution in [1.82, 2.24) is 14.8 Å². The van der Waals surface area contributed by atoms with Crippen molar-refractivity contribution >= 4 is 10.9 Å². The van der Waals surface area contributed by atoms with Gasteiger partial charge < -0.3 is 4.74 Å². The van der Waals surface area contributed by atoms with Crippen LogP contribution in [-0.4, -0.2) is 28.5 Å². The Kier molecular flexibility index (Phi) is 4.92. The summed E-state index contributed by atoms with van der Waals surface area (Å²) in [5, 5.41) is 5.54. The predicted molar refractivity (Wildman–Crippen MR) is 65.5 cm³/mol. The van der Waals surface area contributed by atoms with Crippen molar-refractivity contribution in [3.05, 3.63) is 24.2 Å². The summed E-state index contributed by atoms with van der Waals surface area (Å²) in [6.45, 7) is 7.46. The average molecular weight is 221 g/mol. The van der Waals surface area contributed by atoms with Gasteiger partial charge in [0.1, 0.15) is 0 Å². The Morgan fingerprint density at radius 2 is 2.12 bits per heavy atom. The molecule has 2 heterocycles. The Morgan fingerprint density at radius 3 is 2.81 bits per heavy atom. The van der Waals surface area contributed by atoms with E-state index in [0.717, 1.165) is 23.1 Å². The molecule has 0 fully saturated rings. The van der Waals surface area contributed by atoms with Crippen LogP contribution in [0.15, 0.2) is 18.5 Å². The first kappa shape index (κ1) is 12.6. The van der Waals surface area contributed by atoms with Gasteiger partial charge in [-0.25, -0.2) is 0 Å². The smallest absolute Gasteiger partial charge is 0.0717 e. The molecule has 2 aromatic rings. The normalized spacial score (nSPS) is 10.0. The summed E-state index contributed by atoms with van der Waals surface area (Å²) in [5.41, 5.74) is 2.14. The lowest BCUT2D eigenvalue weighted by Crippen LogP contribution is -2.05. The molecule has 0 atom stereocenters. The largest absolute Gasteiger partial charge is 0.383 e. The molecule has 88 valence electrons. The lowest BCUT2D eigenvalue weighted by molar-refractivity contribution is 0.185. The number of rotatable bonds is 3. The van der Waals surface area contributed by atoms with Gasteiger partial charge in [-0.3, -0.25) is 9.67 Å². The molecule has 0 radical (unpaired) electrons. The summed E-state index contributed by atoms with van der Waals surface area (Å²) in [4.78, 5) is 4.08. The van der Waals surface area contributed by atoms with Gasteiger partial charge >= 0.3 is 0 Å². The molecule has 0 saturated carbocycles. The van der Waals surface area contributed by atoms with Crippen LogP contribution >= 0.6 is 0 Å². The zero-order chi connectivity index (χ0) is 12.0. The van der Waals surface area contributed by atoms with E-state index in [-0.39, 0.29) is 0 Å². The van der Waals surface area contributed by atoms with E-state index in [1.165, 1.54) is 0 Å². The van der Waals surface area contributed by atoms with E-state index in [9.17, 15) is 0 Å². The van der Waals surface area contributed by atoms with Crippen molar-refractivity contribution < 1.29 is 4.74 Å². The summed E-state index contributed by atoms with van der Waals surface area (Å²) in [6, 6.07) is 1.98. The summed E-state index contributed by atoms with van der Waals surface area (Å²) in [5.74, 6) is 0. The van der Waals surface area contributed by atoms with Gasteiger partial charge in [-0.2, -0.15) is 5.10 Å². The molecule has 0 aliphatic heterocycles. The second-order valence-electron chi connectivity index (χ2n) is 3.19. The third-order valence-electron chi connectivity index (χ3n) is 2.24. The van der Waals surface area contributed by atoms with Crippen LogP contribution < -0.4 is 0 Å². The molecule has 16 heavy (non-hydrogen) atoms. The zero-order valence-corrected chi connectivity index (χ0v) is 10.4. The maximum absolute atomic E-state index is 5.03. The number of ether oxygens (including phenoxy) is 1. The highest BCUT2D eigenvalue weighted by atomic mass is 16.5. The van der Waals surface area contributed by atoms with E-state index in [1.807, 2.05) is 37.7 Å². The van der Waals surface area contributed by atoms with Gasteiger partial charge in [0.25, 0.3) is 0 Å². The fourth-order valence-electron chi connectivity index (χ4n) is 1.53. The SMILES string of the molecule is CC.COCCn1nc(C)c2cnccc21. The molecule has 0 saturated heterocycles. The second-order valence-corrected chi connectivity index (χ2v) is 3.19. The van der Waals surface area contributed by atoms with Crippen LogP contribution in [0.1, 0.15) is 19.5 Å². The van der Waals surface area contributed by atoms with Crippen molar-refractivity contribution in [2.75, 3.05) is 13.7 Å². The maximum atomic E-state index is 5.03. The highest BCUT2D eigenvalue weighted by Gasteiger charge is 2.05. The molecule has 2 aromatic heterocycles. The standard InChI is InChI=1S/C10H13N3O.C2H6/c1-8-9-7-11-4-3-10(9)13(12-8)5-6-14-2;1-2/h3-4,7H,5-6H2,1-2H3;1-2H3. The lowest BCUT2D eigenvalue weighted by Gasteiger charge is -2.01. The van der Waals surface area contributed by atoms with Crippen LogP contribution in [0.4, 0.5) is 0 Å². The first-order valence-electron chi connectivity index (χ1n) is 5.59. The van der Waals surface area contributed by atoms with E-state index in [4.69, 9.17) is 4.74 Å². The molecule has 0 bridgehead atoms. The topological polar surface area (TPSA) is 39.9 Å². The van der Waals surface area contributed by atoms with Gasteiger partial charge in [-0.1, -0.05) is 13.8 Å². The molecule has 0 aliphatic carbocycles. The van der Waals surface area contributed by atoms with Gasteiger partial charge in [-0.05, 0) is 13.0 Å². The molecule has 0 aliphatic rings. The van der Waals surface area contributed by atoms with Crippen molar-refractivity contribution in [3.63, 3.8) is 0 Å². The summed E-state index contributed by atoms with van der Waals surface area (Å²) in [7, 11) is 1.69. The molecule has 2 rings (SSSR count). The summed E-state index contributed by atoms with van der Waals surface area (Å²) < 4.78 is 6.98. The quantitative estimate of drug-likeness (QED) is 0.799. The van der Waals surface area contributed by atoms with Crippen LogP contribution in [-0.2, 0) is 11.3 Å². The first-order valence-corrected chi connectivity index (χ1v) is 5.59. The van der Waals surface area contributed by atoms with Crippen LogP contribution in [0.3, 0.4) is 0 Å². The van der Waals surface area contributed by atoms with Crippen LogP contribution in [0.25, 0.3) is 10.9 Å². The first-order chi connectivity index (χ1) is 7.83. The van der Waals surface area contributed by atoms with Crippen LogP contribution in [0, 0.1) is 6.92 Å². The molecule has 0 amide bonds. The third-order valence-corrected chi connectivity index (χ3v) is 2.24. The summed E-state index contributed by atoms with van der Waals surface area (Å²) >= 11 is 0. The van der Waals surface area contributed by atoms with Crippen molar-refractivity contribution in [2.24, 2.45) is 0 Å². The van der Waals surface area contributed by atoms with E-state index in [1.54, 1.807) is 13.3 Å². The Bertz CT molecular complexity index is 437. The minimum absolute atomic E-state index is 0.679. The van der Waals surface area contributed by atoms with E-state index in [2.05, 4.69) is 10.1 Å². The van der Waals surface area contributed by atoms with Crippen LogP contribution in [0.5, 0.6) is 0 Å². The fourth-order valence-corrected chi connectivity index (χ4v) is 1.53. The molecular formula is C12H19N3O. The molecule has 0 unspecified atom stereocenters. The minimum Gasteiger partial charge on any atom is -0.383 e. The number of methoxy groups -OCH3 is 1. The molecular weight excluding hydrogens is 202 g/mol. The highest BCUT2D eigenvalue weighted by molar-refractivity contribution is 5.80. The number of nitrogens with zero attached hydrogens (tertiary/aromatic N) is 3. The van der Waals surface area contributed by atoms with Gasteiger partial charge in [-0.15, -0.1) is 0 Å². The van der Waals surface area contributed by atoms with Gasteiger partial charge in [0, 0.05) is 24.9 Å². The number of hydrogen-bond acceptors (Lipinski definition) is 3. The molecule has 0 aromatic carbocycles. The van der Waals surface area contributed by atoms with Crippen molar-refractivity contribution in [2.45, 2.75) is 27.3 Å². The number of pyridine rings is 1.